The van der Waals surface area contributed by atoms with Crippen molar-refractivity contribution in [3.8, 4) is 11.5 Å². The first-order valence-electron chi connectivity index (χ1n) is 9.64. The number of methoxy groups -OCH3 is 2. The molecule has 0 aliphatic carbocycles. The number of hydrogen-bond donors (Lipinski definition) is 1. The summed E-state index contributed by atoms with van der Waals surface area (Å²) in [5.41, 5.74) is 2.48. The van der Waals surface area contributed by atoms with E-state index in [1.807, 2.05) is 18.2 Å². The fraction of sp³-hybridized carbons (Fsp3) is 0.409. The monoisotopic (exact) mass is 440 g/mol. The largest absolute Gasteiger partial charge is 0.493 e. The molecule has 0 aliphatic rings. The second kappa shape index (κ2) is 11.5. The van der Waals surface area contributed by atoms with Gasteiger partial charge in [-0.2, -0.15) is 13.2 Å². The summed E-state index contributed by atoms with van der Waals surface area (Å²) in [5, 5.41) is 2.82. The molecule has 0 unspecified atom stereocenters. The molecule has 9 heteroatoms. The Morgan fingerprint density at radius 2 is 1.58 bits per heavy atom. The summed E-state index contributed by atoms with van der Waals surface area (Å²) in [4.78, 5) is 13.9. The lowest BCUT2D eigenvalue weighted by atomic mass is 10.1. The number of carbonyl (C=O) groups excluding carboxylic acids is 1. The van der Waals surface area contributed by atoms with Crippen molar-refractivity contribution < 1.29 is 32.2 Å². The zero-order chi connectivity index (χ0) is 22.9. The number of ether oxygens (including phenoxy) is 3. The Hall–Kier alpha value is -2.94. The zero-order valence-corrected chi connectivity index (χ0v) is 17.8. The number of benzene rings is 2. The van der Waals surface area contributed by atoms with Crippen LogP contribution in [0.3, 0.4) is 0 Å². The third-order valence-corrected chi connectivity index (χ3v) is 4.53. The maximum absolute atomic E-state index is 12.3. The van der Waals surface area contributed by atoms with Crippen molar-refractivity contribution in [1.29, 1.82) is 0 Å². The summed E-state index contributed by atoms with van der Waals surface area (Å²) < 4.78 is 51.4. The highest BCUT2D eigenvalue weighted by atomic mass is 19.4. The minimum absolute atomic E-state index is 0.120. The molecule has 0 saturated heterocycles. The molecule has 0 saturated carbocycles. The molecule has 0 aromatic heterocycles. The van der Waals surface area contributed by atoms with Crippen LogP contribution in [-0.2, 0) is 24.3 Å². The van der Waals surface area contributed by atoms with E-state index in [1.165, 1.54) is 0 Å². The van der Waals surface area contributed by atoms with Crippen molar-refractivity contribution in [2.75, 3.05) is 34.4 Å². The molecule has 2 aromatic rings. The van der Waals surface area contributed by atoms with Crippen LogP contribution in [0.4, 0.5) is 18.0 Å². The molecule has 2 aromatic carbocycles. The lowest BCUT2D eigenvalue weighted by Crippen LogP contribution is -2.37. The highest BCUT2D eigenvalue weighted by Gasteiger charge is 2.27. The van der Waals surface area contributed by atoms with Gasteiger partial charge in [0.1, 0.15) is 6.61 Å². The summed E-state index contributed by atoms with van der Waals surface area (Å²) >= 11 is 0. The van der Waals surface area contributed by atoms with E-state index in [9.17, 15) is 18.0 Å². The number of alkyl halides is 3. The molecule has 0 heterocycles. The van der Waals surface area contributed by atoms with Gasteiger partial charge in [0.25, 0.3) is 0 Å². The van der Waals surface area contributed by atoms with Gasteiger partial charge in [-0.15, -0.1) is 0 Å². The first-order valence-corrected chi connectivity index (χ1v) is 9.64. The normalized spacial score (nSPS) is 11.2. The molecule has 2 amide bonds. The van der Waals surface area contributed by atoms with Crippen LogP contribution in [0.2, 0.25) is 0 Å². The van der Waals surface area contributed by atoms with Crippen LogP contribution in [0.25, 0.3) is 0 Å². The Morgan fingerprint density at radius 1 is 0.968 bits per heavy atom. The number of amides is 2. The summed E-state index contributed by atoms with van der Waals surface area (Å²) in [6.07, 6.45) is -3.69. The van der Waals surface area contributed by atoms with E-state index in [1.54, 1.807) is 50.4 Å². The molecule has 0 spiro atoms. The molecular formula is C22H27F3N2O4. The molecule has 0 atom stereocenters. The first-order chi connectivity index (χ1) is 14.7. The Morgan fingerprint density at radius 3 is 2.19 bits per heavy atom. The molecule has 2 rings (SSSR count). The van der Waals surface area contributed by atoms with Gasteiger partial charge in [-0.25, -0.2) is 4.79 Å². The number of likely N-dealkylation sites (N-methyl/N-ethyl adjacent to an activating group) is 1. The van der Waals surface area contributed by atoms with E-state index < -0.39 is 12.8 Å². The Kier molecular flexibility index (Phi) is 8.99. The average Bonchev–Trinajstić information content (AvgIpc) is 2.75. The predicted molar refractivity (Wildman–Crippen MR) is 110 cm³/mol. The summed E-state index contributed by atoms with van der Waals surface area (Å²) in [7, 11) is 4.85. The van der Waals surface area contributed by atoms with Crippen molar-refractivity contribution in [3.05, 3.63) is 59.2 Å². The van der Waals surface area contributed by atoms with E-state index in [0.29, 0.717) is 36.6 Å². The van der Waals surface area contributed by atoms with Crippen LogP contribution >= 0.6 is 0 Å². The maximum Gasteiger partial charge on any atom is 0.411 e. The minimum atomic E-state index is -4.34. The average molecular weight is 440 g/mol. The van der Waals surface area contributed by atoms with Gasteiger partial charge in [0.2, 0.25) is 0 Å². The lowest BCUT2D eigenvalue weighted by molar-refractivity contribution is -0.176. The second-order valence-corrected chi connectivity index (χ2v) is 6.94. The van der Waals surface area contributed by atoms with Crippen LogP contribution in [-0.4, -0.2) is 51.5 Å². The number of nitrogens with zero attached hydrogens (tertiary/aromatic N) is 1. The quantitative estimate of drug-likeness (QED) is 0.603. The second-order valence-electron chi connectivity index (χ2n) is 6.94. The molecule has 170 valence electrons. The fourth-order valence-electron chi connectivity index (χ4n) is 2.79. The molecule has 31 heavy (non-hydrogen) atoms. The third-order valence-electron chi connectivity index (χ3n) is 4.53. The van der Waals surface area contributed by atoms with Crippen LogP contribution < -0.4 is 14.8 Å². The van der Waals surface area contributed by atoms with Gasteiger partial charge >= 0.3 is 12.2 Å². The molecule has 0 fully saturated rings. The number of carbonyl (C=O) groups is 1. The number of nitrogens with one attached hydrogen (secondary N) is 1. The van der Waals surface area contributed by atoms with Gasteiger partial charge in [-0.3, -0.25) is 0 Å². The topological polar surface area (TPSA) is 60.0 Å². The molecule has 0 aliphatic heterocycles. The number of urea groups is 1. The van der Waals surface area contributed by atoms with Crippen LogP contribution in [0.15, 0.2) is 42.5 Å². The van der Waals surface area contributed by atoms with E-state index in [-0.39, 0.29) is 12.6 Å². The van der Waals surface area contributed by atoms with Gasteiger partial charge in [0.05, 0.1) is 20.8 Å². The molecular weight excluding hydrogens is 413 g/mol. The molecule has 0 radical (unpaired) electrons. The van der Waals surface area contributed by atoms with E-state index >= 15 is 0 Å². The lowest BCUT2D eigenvalue weighted by Gasteiger charge is -2.18. The fourth-order valence-corrected chi connectivity index (χ4v) is 2.79. The van der Waals surface area contributed by atoms with Crippen molar-refractivity contribution in [3.63, 3.8) is 0 Å². The zero-order valence-electron chi connectivity index (χ0n) is 17.8. The number of rotatable bonds is 10. The molecule has 1 N–H and O–H groups in total. The van der Waals surface area contributed by atoms with Gasteiger partial charge in [-0.1, -0.05) is 30.3 Å². The Balaban J connectivity index is 1.76. The Bertz CT molecular complexity index is 842. The molecule has 0 bridgehead atoms. The number of halogens is 3. The minimum Gasteiger partial charge on any atom is -0.493 e. The molecule has 6 nitrogen and oxygen atoms in total. The smallest absolute Gasteiger partial charge is 0.411 e. The summed E-state index contributed by atoms with van der Waals surface area (Å²) in [6, 6.07) is 12.3. The van der Waals surface area contributed by atoms with E-state index in [2.05, 4.69) is 10.1 Å². The van der Waals surface area contributed by atoms with Gasteiger partial charge in [0.15, 0.2) is 11.5 Å². The van der Waals surface area contributed by atoms with Crippen LogP contribution in [0.5, 0.6) is 11.5 Å². The van der Waals surface area contributed by atoms with Crippen LogP contribution in [0.1, 0.15) is 16.7 Å². The van der Waals surface area contributed by atoms with Crippen molar-refractivity contribution in [2.24, 2.45) is 0 Å². The van der Waals surface area contributed by atoms with Gasteiger partial charge < -0.3 is 24.4 Å². The van der Waals surface area contributed by atoms with Crippen LogP contribution in [0, 0.1) is 0 Å². The van der Waals surface area contributed by atoms with Gasteiger partial charge in [0, 0.05) is 20.1 Å². The van der Waals surface area contributed by atoms with Crippen molar-refractivity contribution in [1.82, 2.24) is 10.2 Å². The first kappa shape index (κ1) is 24.3. The Labute approximate surface area is 179 Å². The third kappa shape index (κ3) is 8.37. The maximum atomic E-state index is 12.3. The van der Waals surface area contributed by atoms with E-state index in [4.69, 9.17) is 9.47 Å². The standard InChI is InChI=1S/C22H27F3N2O4/c1-27(11-10-16-8-9-19(29-2)20(12-16)30-3)21(28)26-13-17-4-6-18(7-5-17)14-31-15-22(23,24)25/h4-9,12H,10-11,13-15H2,1-3H3,(H,26,28). The highest BCUT2D eigenvalue weighted by molar-refractivity contribution is 5.73. The van der Waals surface area contributed by atoms with Gasteiger partial charge in [-0.05, 0) is 35.2 Å². The summed E-state index contributed by atoms with van der Waals surface area (Å²) in [5.74, 6) is 1.29. The predicted octanol–water partition coefficient (Wildman–Crippen LogP) is 4.17. The van der Waals surface area contributed by atoms with E-state index in [0.717, 1.165) is 11.1 Å². The van der Waals surface area contributed by atoms with Crippen molar-refractivity contribution in [2.45, 2.75) is 25.7 Å². The SMILES string of the molecule is COc1ccc(CCN(C)C(=O)NCc2ccc(COCC(F)(F)F)cc2)cc1OC. The number of hydrogen-bond acceptors (Lipinski definition) is 4. The van der Waals surface area contributed by atoms with Crippen molar-refractivity contribution >= 4 is 6.03 Å². The summed E-state index contributed by atoms with van der Waals surface area (Å²) in [6.45, 7) is -0.578. The highest BCUT2D eigenvalue weighted by Crippen LogP contribution is 2.27.